The fourth-order valence-electron chi connectivity index (χ4n) is 4.03. The van der Waals surface area contributed by atoms with Crippen molar-refractivity contribution in [3.63, 3.8) is 0 Å². The Labute approximate surface area is 137 Å². The third kappa shape index (κ3) is 2.34. The van der Waals surface area contributed by atoms with Crippen molar-refractivity contribution in [1.82, 2.24) is 10.2 Å². The van der Waals surface area contributed by atoms with Crippen LogP contribution in [0, 0.1) is 6.92 Å². The van der Waals surface area contributed by atoms with Gasteiger partial charge in [-0.15, -0.1) is 0 Å². The molecule has 2 N–H and O–H groups in total. The number of carbonyl (C=O) groups is 1. The number of amides is 1. The van der Waals surface area contributed by atoms with Crippen LogP contribution in [-0.2, 0) is 16.6 Å². The van der Waals surface area contributed by atoms with Crippen molar-refractivity contribution in [1.29, 1.82) is 0 Å². The average molecular weight is 315 g/mol. The van der Waals surface area contributed by atoms with E-state index in [-0.39, 0.29) is 12.0 Å². The summed E-state index contributed by atoms with van der Waals surface area (Å²) in [5.41, 5.74) is 3.90. The van der Waals surface area contributed by atoms with E-state index in [4.69, 9.17) is 4.74 Å². The standard InChI is InChI=1S/C18H25N3O2/c1-11-8-12-9-13(10-21-6-4-19-5-7-21)23-16(12)14-15(11)20-17(22)18(14,2)3/h8,13,19H,4-7,9-10H2,1-3H3,(H,20,22). The summed E-state index contributed by atoms with van der Waals surface area (Å²) in [7, 11) is 0. The van der Waals surface area contributed by atoms with Gasteiger partial charge in [-0.1, -0.05) is 6.07 Å². The van der Waals surface area contributed by atoms with Gasteiger partial charge in [0, 0.05) is 44.7 Å². The Balaban J connectivity index is 1.62. The highest BCUT2D eigenvalue weighted by atomic mass is 16.5. The van der Waals surface area contributed by atoms with Crippen LogP contribution in [0.3, 0.4) is 0 Å². The average Bonchev–Trinajstić information content (AvgIpc) is 2.99. The molecule has 0 aliphatic carbocycles. The Morgan fingerprint density at radius 2 is 2.09 bits per heavy atom. The number of piperazine rings is 1. The van der Waals surface area contributed by atoms with E-state index in [1.165, 1.54) is 5.56 Å². The number of aryl methyl sites for hydroxylation is 1. The zero-order chi connectivity index (χ0) is 16.2. The fourth-order valence-corrected chi connectivity index (χ4v) is 4.03. The molecule has 0 saturated carbocycles. The second-order valence-electron chi connectivity index (χ2n) is 7.51. The zero-order valence-corrected chi connectivity index (χ0v) is 14.2. The number of anilines is 1. The lowest BCUT2D eigenvalue weighted by atomic mass is 9.83. The Hall–Kier alpha value is -1.59. The molecule has 124 valence electrons. The molecule has 1 atom stereocenters. The molecular weight excluding hydrogens is 290 g/mol. The van der Waals surface area contributed by atoms with Crippen molar-refractivity contribution in [2.24, 2.45) is 0 Å². The van der Waals surface area contributed by atoms with Crippen LogP contribution in [0.5, 0.6) is 5.75 Å². The van der Waals surface area contributed by atoms with Crippen LogP contribution in [0.25, 0.3) is 0 Å². The van der Waals surface area contributed by atoms with Crippen molar-refractivity contribution in [3.05, 3.63) is 22.8 Å². The largest absolute Gasteiger partial charge is 0.488 e. The number of carbonyl (C=O) groups excluding carboxylic acids is 1. The quantitative estimate of drug-likeness (QED) is 0.867. The molecule has 3 heterocycles. The molecule has 0 aromatic heterocycles. The Bertz CT molecular complexity index is 663. The first-order valence-electron chi connectivity index (χ1n) is 8.55. The van der Waals surface area contributed by atoms with Gasteiger partial charge in [0.1, 0.15) is 11.9 Å². The molecule has 0 radical (unpaired) electrons. The second-order valence-corrected chi connectivity index (χ2v) is 7.51. The highest BCUT2D eigenvalue weighted by molar-refractivity contribution is 6.07. The minimum Gasteiger partial charge on any atom is -0.488 e. The molecule has 1 amide bonds. The smallest absolute Gasteiger partial charge is 0.234 e. The lowest BCUT2D eigenvalue weighted by molar-refractivity contribution is -0.119. The molecule has 0 bridgehead atoms. The molecular formula is C18H25N3O2. The maximum Gasteiger partial charge on any atom is 0.234 e. The highest BCUT2D eigenvalue weighted by Gasteiger charge is 2.44. The Morgan fingerprint density at radius 3 is 2.83 bits per heavy atom. The molecule has 5 heteroatoms. The van der Waals surface area contributed by atoms with Crippen LogP contribution in [-0.4, -0.2) is 49.6 Å². The van der Waals surface area contributed by atoms with Gasteiger partial charge in [-0.2, -0.15) is 0 Å². The summed E-state index contributed by atoms with van der Waals surface area (Å²) in [6, 6.07) is 2.19. The molecule has 23 heavy (non-hydrogen) atoms. The summed E-state index contributed by atoms with van der Waals surface area (Å²) in [6.45, 7) is 11.3. The van der Waals surface area contributed by atoms with E-state index in [1.807, 2.05) is 13.8 Å². The summed E-state index contributed by atoms with van der Waals surface area (Å²) in [6.07, 6.45) is 1.14. The van der Waals surface area contributed by atoms with Crippen LogP contribution in [0.4, 0.5) is 5.69 Å². The van der Waals surface area contributed by atoms with Crippen LogP contribution in [0.15, 0.2) is 6.07 Å². The van der Waals surface area contributed by atoms with E-state index >= 15 is 0 Å². The maximum atomic E-state index is 12.3. The number of benzene rings is 1. The van der Waals surface area contributed by atoms with Gasteiger partial charge in [0.2, 0.25) is 5.91 Å². The van der Waals surface area contributed by atoms with Gasteiger partial charge < -0.3 is 15.4 Å². The monoisotopic (exact) mass is 315 g/mol. The molecule has 1 unspecified atom stereocenters. The van der Waals surface area contributed by atoms with E-state index in [0.717, 1.165) is 61.7 Å². The van der Waals surface area contributed by atoms with Crippen LogP contribution in [0.2, 0.25) is 0 Å². The second kappa shape index (κ2) is 5.21. The first kappa shape index (κ1) is 15.0. The molecule has 1 aromatic rings. The molecule has 3 aliphatic heterocycles. The van der Waals surface area contributed by atoms with Crippen LogP contribution in [0.1, 0.15) is 30.5 Å². The summed E-state index contributed by atoms with van der Waals surface area (Å²) >= 11 is 0. The van der Waals surface area contributed by atoms with E-state index in [9.17, 15) is 4.79 Å². The predicted molar refractivity (Wildman–Crippen MR) is 90.3 cm³/mol. The third-order valence-electron chi connectivity index (χ3n) is 5.39. The first-order chi connectivity index (χ1) is 11.0. The lowest BCUT2D eigenvalue weighted by Crippen LogP contribution is -2.47. The number of hydrogen-bond donors (Lipinski definition) is 2. The van der Waals surface area contributed by atoms with Gasteiger partial charge >= 0.3 is 0 Å². The minimum absolute atomic E-state index is 0.0677. The highest BCUT2D eigenvalue weighted by Crippen LogP contribution is 2.49. The van der Waals surface area contributed by atoms with E-state index in [0.29, 0.717) is 0 Å². The summed E-state index contributed by atoms with van der Waals surface area (Å²) in [5.74, 6) is 1.02. The van der Waals surface area contributed by atoms with Crippen molar-refractivity contribution in [3.8, 4) is 5.75 Å². The third-order valence-corrected chi connectivity index (χ3v) is 5.39. The van der Waals surface area contributed by atoms with Crippen molar-refractivity contribution < 1.29 is 9.53 Å². The van der Waals surface area contributed by atoms with Crippen molar-refractivity contribution >= 4 is 11.6 Å². The summed E-state index contributed by atoms with van der Waals surface area (Å²) in [5, 5.41) is 6.43. The van der Waals surface area contributed by atoms with Gasteiger partial charge in [0.25, 0.3) is 0 Å². The van der Waals surface area contributed by atoms with Crippen LogP contribution >= 0.6 is 0 Å². The van der Waals surface area contributed by atoms with Gasteiger partial charge in [0.05, 0.1) is 11.1 Å². The fraction of sp³-hybridized carbons (Fsp3) is 0.611. The Kier molecular flexibility index (Phi) is 3.39. The lowest BCUT2D eigenvalue weighted by Gasteiger charge is -2.29. The predicted octanol–water partition coefficient (Wildman–Crippen LogP) is 1.43. The SMILES string of the molecule is Cc1cc2c(c3c1NC(=O)C3(C)C)OC(CN1CCNCC1)C2. The summed E-state index contributed by atoms with van der Waals surface area (Å²) < 4.78 is 6.34. The van der Waals surface area contributed by atoms with Crippen molar-refractivity contribution in [2.75, 3.05) is 38.0 Å². The summed E-state index contributed by atoms with van der Waals surface area (Å²) in [4.78, 5) is 14.8. The number of nitrogens with one attached hydrogen (secondary N) is 2. The molecule has 1 aromatic carbocycles. The van der Waals surface area contributed by atoms with Gasteiger partial charge in [-0.3, -0.25) is 9.69 Å². The molecule has 5 nitrogen and oxygen atoms in total. The number of fused-ring (bicyclic) bond motifs is 3. The Morgan fingerprint density at radius 1 is 1.35 bits per heavy atom. The molecule has 3 aliphatic rings. The first-order valence-corrected chi connectivity index (χ1v) is 8.55. The maximum absolute atomic E-state index is 12.3. The normalized spacial score (nSPS) is 25.7. The zero-order valence-electron chi connectivity index (χ0n) is 14.2. The number of nitrogens with zero attached hydrogens (tertiary/aromatic N) is 1. The number of ether oxygens (including phenoxy) is 1. The van der Waals surface area contributed by atoms with Gasteiger partial charge in [-0.25, -0.2) is 0 Å². The van der Waals surface area contributed by atoms with E-state index in [2.05, 4.69) is 28.5 Å². The topological polar surface area (TPSA) is 53.6 Å². The minimum atomic E-state index is -0.518. The van der Waals surface area contributed by atoms with E-state index < -0.39 is 5.41 Å². The van der Waals surface area contributed by atoms with E-state index in [1.54, 1.807) is 0 Å². The number of rotatable bonds is 2. The molecule has 1 saturated heterocycles. The molecule has 4 rings (SSSR count). The van der Waals surface area contributed by atoms with Gasteiger partial charge in [-0.05, 0) is 31.9 Å². The van der Waals surface area contributed by atoms with Crippen molar-refractivity contribution in [2.45, 2.75) is 38.7 Å². The van der Waals surface area contributed by atoms with Gasteiger partial charge in [0.15, 0.2) is 0 Å². The van der Waals surface area contributed by atoms with Crippen LogP contribution < -0.4 is 15.4 Å². The molecule has 1 fully saturated rings. The molecule has 0 spiro atoms. The number of hydrogen-bond acceptors (Lipinski definition) is 4.